The van der Waals surface area contributed by atoms with Crippen molar-refractivity contribution in [3.05, 3.63) is 59.7 Å². The predicted octanol–water partition coefficient (Wildman–Crippen LogP) is 2.21. The number of hydrogen-bond donors (Lipinski definition) is 2. The van der Waals surface area contributed by atoms with Gasteiger partial charge in [-0.15, -0.1) is 0 Å². The highest BCUT2D eigenvalue weighted by Crippen LogP contribution is 2.30. The second-order valence-corrected chi connectivity index (χ2v) is 10.5. The highest BCUT2D eigenvalue weighted by atomic mass is 19.2. The molecule has 1 unspecified atom stereocenters. The minimum Gasteiger partial charge on any atom is -0.487 e. The fourth-order valence-electron chi connectivity index (χ4n) is 5.36. The maximum Gasteiger partial charge on any atom is 0.248 e. The lowest BCUT2D eigenvalue weighted by Crippen LogP contribution is -2.56. The molecule has 2 heterocycles. The van der Waals surface area contributed by atoms with Crippen molar-refractivity contribution in [3.63, 3.8) is 0 Å². The average molecular weight is 534 g/mol. The van der Waals surface area contributed by atoms with Gasteiger partial charge in [-0.2, -0.15) is 4.39 Å². The van der Waals surface area contributed by atoms with Gasteiger partial charge in [0, 0.05) is 52.1 Å². The summed E-state index contributed by atoms with van der Waals surface area (Å²) in [6.07, 6.45) is 1.10. The molecule has 4 rings (SSSR count). The van der Waals surface area contributed by atoms with Crippen LogP contribution >= 0.6 is 0 Å². The molecule has 10 heteroatoms. The first-order valence-corrected chi connectivity index (χ1v) is 12.9. The van der Waals surface area contributed by atoms with Crippen LogP contribution in [0.4, 0.5) is 14.5 Å². The molecule has 2 N–H and O–H groups in total. The van der Waals surface area contributed by atoms with Gasteiger partial charge in [-0.05, 0) is 43.5 Å². The second kappa shape index (κ2) is 11.9. The van der Waals surface area contributed by atoms with Gasteiger partial charge in [0.25, 0.3) is 0 Å². The number of carbonyl (C=O) groups is 1. The maximum absolute atomic E-state index is 14.2. The summed E-state index contributed by atoms with van der Waals surface area (Å²) in [6.45, 7) is 4.03. The third kappa shape index (κ3) is 6.79. The van der Waals surface area contributed by atoms with Gasteiger partial charge in [0.2, 0.25) is 11.7 Å². The molecule has 2 saturated heterocycles. The van der Waals surface area contributed by atoms with Crippen LogP contribution in [0.25, 0.3) is 0 Å². The van der Waals surface area contributed by atoms with Gasteiger partial charge >= 0.3 is 0 Å². The van der Waals surface area contributed by atoms with Crippen molar-refractivity contribution in [2.45, 2.75) is 31.0 Å². The number of rotatable bonds is 8. The van der Waals surface area contributed by atoms with Gasteiger partial charge in [-0.25, -0.2) is 4.39 Å². The number of β-amino-alcohol motifs (C(OH)–C–C–N with tert-alkyl or cyclic N) is 2. The number of para-hydroxylation sites is 1. The number of benzene rings is 2. The van der Waals surface area contributed by atoms with E-state index in [4.69, 9.17) is 9.47 Å². The molecule has 0 saturated carbocycles. The Bertz CT molecular complexity index is 1110. The molecule has 208 valence electrons. The lowest BCUT2D eigenvalue weighted by Gasteiger charge is -2.43. The number of methoxy groups -OCH3 is 1. The topological polar surface area (TPSA) is 85.7 Å². The van der Waals surface area contributed by atoms with E-state index in [-0.39, 0.29) is 38.0 Å². The van der Waals surface area contributed by atoms with Crippen LogP contribution in [0, 0.1) is 18.6 Å². The van der Waals surface area contributed by atoms with Crippen LogP contribution in [0.3, 0.4) is 0 Å². The monoisotopic (exact) mass is 533 g/mol. The Morgan fingerprint density at radius 1 is 0.974 bits per heavy atom. The molecule has 2 fully saturated rings. The SMILES string of the molecule is COCC(=O)N1CCN(CC2(O)CCN(c3ccccc3C)CC2)CC(O)(COc2cccc(F)c2F)C1. The molecule has 0 radical (unpaired) electrons. The van der Waals surface area contributed by atoms with E-state index in [1.54, 1.807) is 0 Å². The fraction of sp³-hybridized carbons (Fsp3) is 0.536. The molecule has 2 aromatic carbocycles. The van der Waals surface area contributed by atoms with Gasteiger partial charge in [0.1, 0.15) is 18.8 Å². The van der Waals surface area contributed by atoms with Crippen molar-refractivity contribution >= 4 is 11.6 Å². The van der Waals surface area contributed by atoms with E-state index in [9.17, 15) is 23.8 Å². The number of hydrogen-bond acceptors (Lipinski definition) is 7. The maximum atomic E-state index is 14.2. The fourth-order valence-corrected chi connectivity index (χ4v) is 5.36. The van der Waals surface area contributed by atoms with Crippen molar-refractivity contribution in [1.29, 1.82) is 0 Å². The molecular formula is C28H37F2N3O5. The zero-order valence-electron chi connectivity index (χ0n) is 22.0. The van der Waals surface area contributed by atoms with Crippen LogP contribution < -0.4 is 9.64 Å². The smallest absolute Gasteiger partial charge is 0.248 e. The minimum atomic E-state index is -1.59. The van der Waals surface area contributed by atoms with Crippen molar-refractivity contribution in [2.75, 3.05) is 71.0 Å². The summed E-state index contributed by atoms with van der Waals surface area (Å²) < 4.78 is 38.3. The number of carbonyl (C=O) groups excluding carboxylic acids is 1. The number of nitrogens with zero attached hydrogens (tertiary/aromatic N) is 3. The Labute approximate surface area is 222 Å². The largest absolute Gasteiger partial charge is 0.487 e. The molecule has 1 atom stereocenters. The quantitative estimate of drug-likeness (QED) is 0.538. The summed E-state index contributed by atoms with van der Waals surface area (Å²) in [5.74, 6) is -2.79. The third-order valence-electron chi connectivity index (χ3n) is 7.39. The minimum absolute atomic E-state index is 0.0673. The Morgan fingerprint density at radius 3 is 2.42 bits per heavy atom. The first-order chi connectivity index (χ1) is 18.1. The Morgan fingerprint density at radius 2 is 1.71 bits per heavy atom. The van der Waals surface area contributed by atoms with E-state index in [0.717, 1.165) is 11.8 Å². The summed E-state index contributed by atoms with van der Waals surface area (Å²) in [6, 6.07) is 11.8. The Balaban J connectivity index is 1.45. The van der Waals surface area contributed by atoms with E-state index in [2.05, 4.69) is 24.0 Å². The molecule has 1 amide bonds. The van der Waals surface area contributed by atoms with Crippen LogP contribution in [0.5, 0.6) is 5.75 Å². The zero-order valence-corrected chi connectivity index (χ0v) is 22.0. The van der Waals surface area contributed by atoms with Crippen molar-refractivity contribution in [2.24, 2.45) is 0 Å². The van der Waals surface area contributed by atoms with E-state index in [0.29, 0.717) is 45.6 Å². The summed E-state index contributed by atoms with van der Waals surface area (Å²) in [4.78, 5) is 18.3. The van der Waals surface area contributed by atoms with Gasteiger partial charge in [0.05, 0.1) is 12.1 Å². The van der Waals surface area contributed by atoms with Gasteiger partial charge in [-0.3, -0.25) is 9.69 Å². The summed E-state index contributed by atoms with van der Waals surface area (Å²) in [7, 11) is 1.42. The molecule has 38 heavy (non-hydrogen) atoms. The second-order valence-electron chi connectivity index (χ2n) is 10.5. The lowest BCUT2D eigenvalue weighted by atomic mass is 9.89. The van der Waals surface area contributed by atoms with Crippen LogP contribution in [0.1, 0.15) is 18.4 Å². The normalized spacial score (nSPS) is 22.3. The molecule has 8 nitrogen and oxygen atoms in total. The number of amides is 1. The number of aliphatic hydroxyl groups is 2. The summed E-state index contributed by atoms with van der Waals surface area (Å²) >= 11 is 0. The summed E-state index contributed by atoms with van der Waals surface area (Å²) in [5.41, 5.74) is -0.211. The van der Waals surface area contributed by atoms with Crippen LogP contribution in [-0.4, -0.2) is 103 Å². The number of aryl methyl sites for hydroxylation is 1. The van der Waals surface area contributed by atoms with Crippen molar-refractivity contribution < 1.29 is 33.3 Å². The first-order valence-electron chi connectivity index (χ1n) is 12.9. The van der Waals surface area contributed by atoms with Crippen molar-refractivity contribution in [3.8, 4) is 5.75 Å². The zero-order chi connectivity index (χ0) is 27.3. The Kier molecular flexibility index (Phi) is 8.87. The highest BCUT2D eigenvalue weighted by Gasteiger charge is 2.41. The van der Waals surface area contributed by atoms with Crippen LogP contribution in [0.2, 0.25) is 0 Å². The Hall–Kier alpha value is -2.79. The van der Waals surface area contributed by atoms with Crippen molar-refractivity contribution in [1.82, 2.24) is 9.80 Å². The van der Waals surface area contributed by atoms with Gasteiger partial charge in [0.15, 0.2) is 11.6 Å². The van der Waals surface area contributed by atoms with E-state index >= 15 is 0 Å². The molecule has 0 bridgehead atoms. The van der Waals surface area contributed by atoms with Crippen LogP contribution in [-0.2, 0) is 9.53 Å². The van der Waals surface area contributed by atoms with E-state index in [1.165, 1.54) is 29.7 Å². The van der Waals surface area contributed by atoms with Crippen LogP contribution in [0.15, 0.2) is 42.5 Å². The number of halogens is 2. The van der Waals surface area contributed by atoms with Gasteiger partial charge < -0.3 is 29.5 Å². The highest BCUT2D eigenvalue weighted by molar-refractivity contribution is 5.77. The molecule has 2 aliphatic rings. The number of piperidine rings is 1. The molecule has 2 aliphatic heterocycles. The third-order valence-corrected chi connectivity index (χ3v) is 7.39. The number of anilines is 1. The molecule has 0 aliphatic carbocycles. The number of ether oxygens (including phenoxy) is 2. The molecule has 0 spiro atoms. The summed E-state index contributed by atoms with van der Waals surface area (Å²) in [5, 5.41) is 23.0. The standard InChI is InChI=1S/C28H37F2N3O5/c1-21-6-3-4-8-23(21)32-12-10-27(35,11-13-32)17-31-14-15-33(25(34)16-37-2)19-28(36,18-31)20-38-24-9-5-7-22(29)26(24)30/h3-9,35-36H,10-20H2,1-2H3. The molecule has 0 aromatic heterocycles. The van der Waals surface area contributed by atoms with E-state index < -0.39 is 22.8 Å². The lowest BCUT2D eigenvalue weighted by molar-refractivity contribution is -0.138. The van der Waals surface area contributed by atoms with Gasteiger partial charge in [-0.1, -0.05) is 24.3 Å². The molecular weight excluding hydrogens is 496 g/mol. The molecule has 2 aromatic rings. The average Bonchev–Trinajstić information content (AvgIpc) is 3.04. The van der Waals surface area contributed by atoms with E-state index in [1.807, 2.05) is 17.0 Å². The first kappa shape index (κ1) is 28.2. The predicted molar refractivity (Wildman–Crippen MR) is 139 cm³/mol.